The molecule has 0 aromatic heterocycles. The van der Waals surface area contributed by atoms with Crippen molar-refractivity contribution in [3.05, 3.63) is 70.9 Å². The third kappa shape index (κ3) is 2.47. The summed E-state index contributed by atoms with van der Waals surface area (Å²) in [6, 6.07) is 5.96. The minimum atomic E-state index is 0.246. The number of hydrogen-bond donors (Lipinski definition) is 1. The molecule has 0 bridgehead atoms. The van der Waals surface area contributed by atoms with Crippen molar-refractivity contribution in [3.8, 4) is 0 Å². The molecule has 0 saturated carbocycles. The fourth-order valence-corrected chi connectivity index (χ4v) is 6.36. The molecule has 5 aliphatic rings. The van der Waals surface area contributed by atoms with Gasteiger partial charge in [0.05, 0.1) is 17.8 Å². The van der Waals surface area contributed by atoms with E-state index in [1.165, 1.54) is 58.6 Å². The summed E-state index contributed by atoms with van der Waals surface area (Å²) in [7, 11) is 0. The quantitative estimate of drug-likeness (QED) is 0.696. The van der Waals surface area contributed by atoms with Crippen molar-refractivity contribution < 1.29 is 0 Å². The monoisotopic (exact) mass is 397 g/mol. The third-order valence-electron chi connectivity index (χ3n) is 7.61. The minimum absolute atomic E-state index is 0.246. The second-order valence-corrected chi connectivity index (χ2v) is 9.21. The van der Waals surface area contributed by atoms with Crippen LogP contribution in [0.25, 0.3) is 5.57 Å². The first-order valence-electron chi connectivity index (χ1n) is 11.8. The summed E-state index contributed by atoms with van der Waals surface area (Å²) in [6.07, 6.45) is 19.8. The van der Waals surface area contributed by atoms with E-state index < -0.39 is 0 Å². The maximum atomic E-state index is 5.31. The Morgan fingerprint density at radius 1 is 1.10 bits per heavy atom. The van der Waals surface area contributed by atoms with Crippen LogP contribution in [0, 0.1) is 0 Å². The van der Waals surface area contributed by atoms with Crippen LogP contribution in [0.15, 0.2) is 59.2 Å². The van der Waals surface area contributed by atoms with Gasteiger partial charge in [-0.05, 0) is 42.4 Å². The first-order chi connectivity index (χ1) is 14.8. The highest BCUT2D eigenvalue weighted by Gasteiger charge is 2.47. The molecule has 0 spiro atoms. The van der Waals surface area contributed by atoms with Crippen LogP contribution in [-0.2, 0) is 0 Å². The number of nitrogens with one attached hydrogen (secondary N) is 1. The Morgan fingerprint density at radius 3 is 2.83 bits per heavy atom. The Bertz CT molecular complexity index is 1040. The molecule has 1 N–H and O–H groups in total. The lowest BCUT2D eigenvalue weighted by molar-refractivity contribution is 0.221. The van der Waals surface area contributed by atoms with E-state index in [4.69, 9.17) is 4.99 Å². The molecular weight excluding hydrogens is 366 g/mol. The van der Waals surface area contributed by atoms with E-state index in [0.717, 1.165) is 19.4 Å². The van der Waals surface area contributed by atoms with E-state index in [2.05, 4.69) is 72.7 Å². The van der Waals surface area contributed by atoms with Gasteiger partial charge in [0.2, 0.25) is 0 Å². The molecule has 3 heterocycles. The highest BCUT2D eigenvalue weighted by Crippen LogP contribution is 2.49. The van der Waals surface area contributed by atoms with E-state index in [-0.39, 0.29) is 6.04 Å². The molecule has 4 atom stereocenters. The maximum Gasteiger partial charge on any atom is 0.134 e. The molecule has 0 fully saturated rings. The summed E-state index contributed by atoms with van der Waals surface area (Å²) in [5.74, 6) is 1.79. The first kappa shape index (κ1) is 18.2. The Labute approximate surface area is 180 Å². The molecule has 0 saturated heterocycles. The minimum Gasteiger partial charge on any atom is -0.380 e. The lowest BCUT2D eigenvalue weighted by atomic mass is 9.75. The van der Waals surface area contributed by atoms with E-state index in [1.807, 2.05) is 0 Å². The number of allylic oxidation sites excluding steroid dienone is 4. The number of hydrogen-bond acceptors (Lipinski definition) is 3. The Morgan fingerprint density at radius 2 is 1.97 bits per heavy atom. The molecule has 0 radical (unpaired) electrons. The molecule has 2 aliphatic carbocycles. The zero-order chi connectivity index (χ0) is 20.2. The Kier molecular flexibility index (Phi) is 4.26. The van der Waals surface area contributed by atoms with Gasteiger partial charge in [0, 0.05) is 29.6 Å². The topological polar surface area (TPSA) is 27.6 Å². The average molecular weight is 398 g/mol. The van der Waals surface area contributed by atoms with E-state index in [1.54, 1.807) is 0 Å². The largest absolute Gasteiger partial charge is 0.380 e. The van der Waals surface area contributed by atoms with Crippen LogP contribution < -0.4 is 5.32 Å². The van der Waals surface area contributed by atoms with Crippen LogP contribution in [0.5, 0.6) is 0 Å². The van der Waals surface area contributed by atoms with Crippen LogP contribution in [-0.4, -0.2) is 35.4 Å². The standard InChI is InChI=1S/C27H31N3/c1-3-9-19-20-14-15-21-18-11-6-5-10-17(18)16-28-26(21)25(20)27-29-22-12-7-8-13-24(22)30(27)23(19)4-2/h7-8,10-15,19,22-24,28H,3-6,9,16H2,1-2H3. The molecule has 4 unspecified atom stereocenters. The van der Waals surface area contributed by atoms with Gasteiger partial charge in [-0.25, -0.2) is 0 Å². The molecule has 154 valence electrons. The van der Waals surface area contributed by atoms with Crippen LogP contribution in [0.4, 0.5) is 5.69 Å². The number of fused-ring (bicyclic) bond motifs is 9. The smallest absolute Gasteiger partial charge is 0.134 e. The van der Waals surface area contributed by atoms with Gasteiger partial charge in [-0.2, -0.15) is 0 Å². The predicted molar refractivity (Wildman–Crippen MR) is 126 cm³/mol. The summed E-state index contributed by atoms with van der Waals surface area (Å²) >= 11 is 0. The van der Waals surface area contributed by atoms with Crippen LogP contribution in [0.1, 0.15) is 68.6 Å². The van der Waals surface area contributed by atoms with Crippen molar-refractivity contribution in [2.45, 2.75) is 70.0 Å². The molecule has 3 nitrogen and oxygen atoms in total. The van der Waals surface area contributed by atoms with Gasteiger partial charge in [0.1, 0.15) is 5.84 Å². The fraction of sp³-hybridized carbons (Fsp3) is 0.444. The molecule has 3 aliphatic heterocycles. The van der Waals surface area contributed by atoms with Crippen LogP contribution in [0.2, 0.25) is 0 Å². The second-order valence-electron chi connectivity index (χ2n) is 9.21. The van der Waals surface area contributed by atoms with E-state index in [0.29, 0.717) is 18.0 Å². The Balaban J connectivity index is 1.58. The summed E-state index contributed by atoms with van der Waals surface area (Å²) in [4.78, 5) is 7.99. The van der Waals surface area contributed by atoms with Gasteiger partial charge in [0.15, 0.2) is 0 Å². The van der Waals surface area contributed by atoms with Crippen molar-refractivity contribution in [2.75, 3.05) is 11.9 Å². The predicted octanol–water partition coefficient (Wildman–Crippen LogP) is 5.82. The SMILES string of the molecule is CCCC1c2ccc3c(c2C2=NC4C=CC=CC4N2C1CC)NCC1=CCCC=C13. The van der Waals surface area contributed by atoms with Crippen molar-refractivity contribution in [1.82, 2.24) is 4.90 Å². The number of benzene rings is 1. The number of nitrogens with zero attached hydrogens (tertiary/aromatic N) is 2. The zero-order valence-electron chi connectivity index (χ0n) is 18.1. The second kappa shape index (κ2) is 7.01. The van der Waals surface area contributed by atoms with Crippen molar-refractivity contribution in [2.24, 2.45) is 4.99 Å². The zero-order valence-corrected chi connectivity index (χ0v) is 18.1. The van der Waals surface area contributed by atoms with Gasteiger partial charge < -0.3 is 10.2 Å². The fourth-order valence-electron chi connectivity index (χ4n) is 6.36. The molecule has 6 rings (SSSR count). The van der Waals surface area contributed by atoms with Crippen molar-refractivity contribution >= 4 is 17.1 Å². The van der Waals surface area contributed by atoms with Gasteiger partial charge >= 0.3 is 0 Å². The lowest BCUT2D eigenvalue weighted by Crippen LogP contribution is -2.51. The average Bonchev–Trinajstić information content (AvgIpc) is 3.18. The summed E-state index contributed by atoms with van der Waals surface area (Å²) in [6.45, 7) is 5.61. The van der Waals surface area contributed by atoms with Crippen LogP contribution >= 0.6 is 0 Å². The normalized spacial score (nSPS) is 30.2. The Hall–Kier alpha value is -2.55. The number of aliphatic imine (C=N–C) groups is 1. The van der Waals surface area contributed by atoms with Gasteiger partial charge in [0.25, 0.3) is 0 Å². The summed E-state index contributed by atoms with van der Waals surface area (Å²) < 4.78 is 0. The van der Waals surface area contributed by atoms with E-state index in [9.17, 15) is 0 Å². The number of rotatable bonds is 3. The molecule has 1 aromatic rings. The van der Waals surface area contributed by atoms with E-state index >= 15 is 0 Å². The number of amidine groups is 1. The molecular formula is C27H31N3. The van der Waals surface area contributed by atoms with Crippen LogP contribution in [0.3, 0.4) is 0 Å². The molecule has 30 heavy (non-hydrogen) atoms. The lowest BCUT2D eigenvalue weighted by Gasteiger charge is -2.46. The first-order valence-corrected chi connectivity index (χ1v) is 11.8. The van der Waals surface area contributed by atoms with Gasteiger partial charge in [-0.15, -0.1) is 0 Å². The molecule has 1 aromatic carbocycles. The number of anilines is 1. The summed E-state index contributed by atoms with van der Waals surface area (Å²) in [5.41, 5.74) is 8.51. The highest BCUT2D eigenvalue weighted by molar-refractivity contribution is 6.11. The van der Waals surface area contributed by atoms with Gasteiger partial charge in [-0.1, -0.05) is 68.9 Å². The molecule has 0 amide bonds. The third-order valence-corrected chi connectivity index (χ3v) is 7.61. The van der Waals surface area contributed by atoms with Gasteiger partial charge in [-0.3, -0.25) is 4.99 Å². The van der Waals surface area contributed by atoms with Crippen molar-refractivity contribution in [3.63, 3.8) is 0 Å². The molecule has 3 heteroatoms. The van der Waals surface area contributed by atoms with Crippen molar-refractivity contribution in [1.29, 1.82) is 0 Å². The maximum absolute atomic E-state index is 5.31. The highest BCUT2D eigenvalue weighted by atomic mass is 15.3. The summed E-state index contributed by atoms with van der Waals surface area (Å²) in [5, 5.41) is 3.83.